The molecule has 0 radical (unpaired) electrons. The maximum absolute atomic E-state index is 12.7. The van der Waals surface area contributed by atoms with Gasteiger partial charge in [0.1, 0.15) is 0 Å². The molecule has 2 aliphatic rings. The van der Waals surface area contributed by atoms with Gasteiger partial charge in [-0.1, -0.05) is 24.3 Å². The minimum Gasteiger partial charge on any atom is -0.340 e. The highest BCUT2D eigenvalue weighted by Gasteiger charge is 2.25. The van der Waals surface area contributed by atoms with Crippen molar-refractivity contribution in [3.8, 4) is 0 Å². The summed E-state index contributed by atoms with van der Waals surface area (Å²) in [7, 11) is 4.21. The van der Waals surface area contributed by atoms with E-state index >= 15 is 0 Å². The van der Waals surface area contributed by atoms with E-state index in [1.54, 1.807) is 0 Å². The third kappa shape index (κ3) is 5.11. The number of rotatable bonds is 4. The van der Waals surface area contributed by atoms with Crippen molar-refractivity contribution in [1.29, 1.82) is 0 Å². The highest BCUT2D eigenvalue weighted by molar-refractivity contribution is 5.80. The zero-order chi connectivity index (χ0) is 20.3. The lowest BCUT2D eigenvalue weighted by atomic mass is 10.0. The molecule has 1 aromatic rings. The first-order valence-electron chi connectivity index (χ1n) is 10.4. The van der Waals surface area contributed by atoms with E-state index in [1.807, 2.05) is 34.1 Å². The number of carbonyl (C=O) groups excluding carboxylic acids is 2. The fourth-order valence-corrected chi connectivity index (χ4v) is 3.97. The second kappa shape index (κ2) is 9.05. The number of amides is 2. The predicted molar refractivity (Wildman–Crippen MR) is 111 cm³/mol. The molecule has 2 heterocycles. The van der Waals surface area contributed by atoms with E-state index < -0.39 is 0 Å². The van der Waals surface area contributed by atoms with Crippen LogP contribution in [-0.2, 0) is 22.4 Å². The lowest BCUT2D eigenvalue weighted by Gasteiger charge is -2.38. The standard InChI is InChI=1S/C22H34N4O2/c1-17-15-25(10-8-23(17)3)21(27)13-19-6-5-7-20(12-19)14-22(28)26-11-9-24(4)18(2)16-26/h5-7,12,17-18H,8-11,13-16H2,1-4H3. The van der Waals surface area contributed by atoms with Crippen LogP contribution < -0.4 is 0 Å². The SMILES string of the molecule is CC1CN(C(=O)Cc2cccc(CC(=O)N3CCN(C)C(C)C3)c2)CCN1C. The van der Waals surface area contributed by atoms with Gasteiger partial charge in [-0.05, 0) is 39.1 Å². The van der Waals surface area contributed by atoms with Crippen molar-refractivity contribution in [1.82, 2.24) is 19.6 Å². The summed E-state index contributed by atoms with van der Waals surface area (Å²) in [4.78, 5) is 33.9. The molecule has 2 unspecified atom stereocenters. The molecule has 0 spiro atoms. The molecule has 2 atom stereocenters. The Morgan fingerprint density at radius 2 is 1.25 bits per heavy atom. The molecule has 6 heteroatoms. The fraction of sp³-hybridized carbons (Fsp3) is 0.636. The van der Waals surface area contributed by atoms with Gasteiger partial charge in [-0.25, -0.2) is 0 Å². The number of carbonyl (C=O) groups is 2. The van der Waals surface area contributed by atoms with Gasteiger partial charge in [0.15, 0.2) is 0 Å². The third-order valence-electron chi connectivity index (χ3n) is 6.33. The molecule has 0 bridgehead atoms. The number of likely N-dealkylation sites (N-methyl/N-ethyl adjacent to an activating group) is 2. The van der Waals surface area contributed by atoms with E-state index in [2.05, 4.69) is 37.7 Å². The summed E-state index contributed by atoms with van der Waals surface area (Å²) < 4.78 is 0. The summed E-state index contributed by atoms with van der Waals surface area (Å²) in [6.07, 6.45) is 0.814. The normalized spacial score (nSPS) is 24.4. The van der Waals surface area contributed by atoms with E-state index in [0.717, 1.165) is 50.4 Å². The van der Waals surface area contributed by atoms with Crippen molar-refractivity contribution in [2.75, 3.05) is 53.4 Å². The highest BCUT2D eigenvalue weighted by atomic mass is 16.2. The first-order valence-corrected chi connectivity index (χ1v) is 10.4. The lowest BCUT2D eigenvalue weighted by molar-refractivity contribution is -0.133. The van der Waals surface area contributed by atoms with E-state index in [0.29, 0.717) is 24.9 Å². The molecular weight excluding hydrogens is 352 g/mol. The van der Waals surface area contributed by atoms with Crippen molar-refractivity contribution in [2.45, 2.75) is 38.8 Å². The summed E-state index contributed by atoms with van der Waals surface area (Å²) in [6, 6.07) is 8.76. The van der Waals surface area contributed by atoms with Crippen LogP contribution in [0.25, 0.3) is 0 Å². The van der Waals surface area contributed by atoms with Gasteiger partial charge in [0.25, 0.3) is 0 Å². The molecule has 6 nitrogen and oxygen atoms in total. The summed E-state index contributed by atoms with van der Waals surface area (Å²) in [5.74, 6) is 0.354. The van der Waals surface area contributed by atoms with Gasteiger partial charge in [-0.3, -0.25) is 9.59 Å². The molecule has 2 saturated heterocycles. The molecule has 1 aromatic carbocycles. The van der Waals surface area contributed by atoms with Gasteiger partial charge in [0, 0.05) is 51.4 Å². The van der Waals surface area contributed by atoms with Crippen LogP contribution in [0.1, 0.15) is 25.0 Å². The fourth-order valence-electron chi connectivity index (χ4n) is 3.97. The second-order valence-corrected chi connectivity index (χ2v) is 8.51. The van der Waals surface area contributed by atoms with Crippen LogP contribution in [0.15, 0.2) is 24.3 Å². The first-order chi connectivity index (χ1) is 13.3. The molecule has 0 saturated carbocycles. The topological polar surface area (TPSA) is 47.1 Å². The first kappa shape index (κ1) is 20.8. The monoisotopic (exact) mass is 386 g/mol. The Balaban J connectivity index is 1.56. The number of piperazine rings is 2. The number of benzene rings is 1. The highest BCUT2D eigenvalue weighted by Crippen LogP contribution is 2.14. The Morgan fingerprint density at radius 3 is 1.64 bits per heavy atom. The van der Waals surface area contributed by atoms with Gasteiger partial charge in [-0.2, -0.15) is 0 Å². The average molecular weight is 387 g/mol. The van der Waals surface area contributed by atoms with Gasteiger partial charge >= 0.3 is 0 Å². The van der Waals surface area contributed by atoms with Crippen molar-refractivity contribution in [3.05, 3.63) is 35.4 Å². The van der Waals surface area contributed by atoms with Crippen molar-refractivity contribution in [3.63, 3.8) is 0 Å². The Bertz CT molecular complexity index is 652. The molecule has 154 valence electrons. The molecule has 0 aliphatic carbocycles. The second-order valence-electron chi connectivity index (χ2n) is 8.51. The number of hydrogen-bond acceptors (Lipinski definition) is 4. The van der Waals surface area contributed by atoms with Crippen LogP contribution in [0, 0.1) is 0 Å². The zero-order valence-corrected chi connectivity index (χ0v) is 17.7. The predicted octanol–water partition coefficient (Wildman–Crippen LogP) is 1.10. The van der Waals surface area contributed by atoms with Crippen molar-refractivity contribution in [2.24, 2.45) is 0 Å². The summed E-state index contributed by atoms with van der Waals surface area (Å²) in [6.45, 7) is 9.31. The Labute approximate surface area is 169 Å². The molecule has 28 heavy (non-hydrogen) atoms. The molecular formula is C22H34N4O2. The smallest absolute Gasteiger partial charge is 0.227 e. The number of hydrogen-bond donors (Lipinski definition) is 0. The van der Waals surface area contributed by atoms with E-state index in [1.165, 1.54) is 0 Å². The summed E-state index contributed by atoms with van der Waals surface area (Å²) in [5.41, 5.74) is 1.99. The van der Waals surface area contributed by atoms with Gasteiger partial charge < -0.3 is 19.6 Å². The average Bonchev–Trinajstić information content (AvgIpc) is 2.66. The minimum absolute atomic E-state index is 0.177. The quantitative estimate of drug-likeness (QED) is 0.777. The Kier molecular flexibility index (Phi) is 6.73. The van der Waals surface area contributed by atoms with E-state index in [4.69, 9.17) is 0 Å². The maximum Gasteiger partial charge on any atom is 0.227 e. The molecule has 0 N–H and O–H groups in total. The number of nitrogens with zero attached hydrogens (tertiary/aromatic N) is 4. The van der Waals surface area contributed by atoms with Crippen LogP contribution >= 0.6 is 0 Å². The van der Waals surface area contributed by atoms with Crippen molar-refractivity contribution < 1.29 is 9.59 Å². The van der Waals surface area contributed by atoms with Crippen LogP contribution in [0.2, 0.25) is 0 Å². The summed E-state index contributed by atoms with van der Waals surface area (Å²) >= 11 is 0. The van der Waals surface area contributed by atoms with Crippen LogP contribution in [0.4, 0.5) is 0 Å². The maximum atomic E-state index is 12.7. The molecule has 3 rings (SSSR count). The van der Waals surface area contributed by atoms with Gasteiger partial charge in [0.05, 0.1) is 12.8 Å². The van der Waals surface area contributed by atoms with Crippen molar-refractivity contribution >= 4 is 11.8 Å². The van der Waals surface area contributed by atoms with Gasteiger partial charge in [-0.15, -0.1) is 0 Å². The van der Waals surface area contributed by atoms with Crippen LogP contribution in [-0.4, -0.2) is 96.9 Å². The molecule has 2 aliphatic heterocycles. The van der Waals surface area contributed by atoms with Gasteiger partial charge in [0.2, 0.25) is 11.8 Å². The van der Waals surface area contributed by atoms with Crippen LogP contribution in [0.3, 0.4) is 0 Å². The Hall–Kier alpha value is -1.92. The molecule has 0 aromatic heterocycles. The Morgan fingerprint density at radius 1 is 0.821 bits per heavy atom. The van der Waals surface area contributed by atoms with E-state index in [9.17, 15) is 9.59 Å². The largest absolute Gasteiger partial charge is 0.340 e. The molecule has 2 fully saturated rings. The van der Waals surface area contributed by atoms with Crippen LogP contribution in [0.5, 0.6) is 0 Å². The summed E-state index contributed by atoms with van der Waals surface area (Å²) in [5, 5.41) is 0. The molecule has 2 amide bonds. The minimum atomic E-state index is 0.177. The zero-order valence-electron chi connectivity index (χ0n) is 17.7. The third-order valence-corrected chi connectivity index (χ3v) is 6.33. The lowest BCUT2D eigenvalue weighted by Crippen LogP contribution is -2.52. The van der Waals surface area contributed by atoms with E-state index in [-0.39, 0.29) is 11.8 Å².